The van der Waals surface area contributed by atoms with E-state index in [1.807, 2.05) is 42.5 Å². The number of hydrogen-bond donors (Lipinski definition) is 1. The van der Waals surface area contributed by atoms with Gasteiger partial charge in [-0.05, 0) is 59.5 Å². The number of aliphatic imine (C=N–C) groups is 1. The monoisotopic (exact) mass is 466 g/mol. The topological polar surface area (TPSA) is 59.9 Å². The van der Waals surface area contributed by atoms with E-state index in [1.54, 1.807) is 25.3 Å². The zero-order valence-corrected chi connectivity index (χ0v) is 19.4. The molecule has 4 rings (SSSR count). The minimum Gasteiger partial charge on any atom is -0.494 e. The van der Waals surface area contributed by atoms with Crippen molar-refractivity contribution in [3.63, 3.8) is 0 Å². The van der Waals surface area contributed by atoms with Crippen LogP contribution in [0.5, 0.6) is 11.5 Å². The Morgan fingerprint density at radius 1 is 1.09 bits per heavy atom. The molecule has 3 aromatic rings. The van der Waals surface area contributed by atoms with Gasteiger partial charge in [-0.2, -0.15) is 0 Å². The number of unbranched alkanes of at least 4 members (excludes halogenated alkanes) is 1. The van der Waals surface area contributed by atoms with E-state index in [0.717, 1.165) is 34.9 Å². The van der Waals surface area contributed by atoms with Crippen molar-refractivity contribution in [1.82, 2.24) is 5.32 Å². The van der Waals surface area contributed by atoms with Gasteiger partial charge in [0.25, 0.3) is 5.91 Å². The Balaban J connectivity index is 1.64. The number of ether oxygens (including phenoxy) is 2. The molecule has 164 valence electrons. The van der Waals surface area contributed by atoms with Gasteiger partial charge in [-0.1, -0.05) is 55.3 Å². The second kappa shape index (κ2) is 10.1. The summed E-state index contributed by atoms with van der Waals surface area (Å²) in [7, 11) is 1.57. The van der Waals surface area contributed by atoms with E-state index >= 15 is 0 Å². The number of thioether (sulfide) groups is 1. The Labute approximate surface area is 196 Å². The molecule has 7 heteroatoms. The molecule has 1 amide bonds. The number of carbonyl (C=O) groups excluding carboxylic acids is 1. The molecule has 0 aliphatic carbocycles. The SMILES string of the molecule is CCCCOc1ccc(/C=C2\SC(=Nc3cc(Cl)ccc3OC)NC2=O)c2ccccc12. The average molecular weight is 467 g/mol. The number of benzene rings is 3. The first-order valence-electron chi connectivity index (χ1n) is 10.4. The van der Waals surface area contributed by atoms with Gasteiger partial charge in [0.1, 0.15) is 17.2 Å². The lowest BCUT2D eigenvalue weighted by atomic mass is 10.0. The maximum Gasteiger partial charge on any atom is 0.264 e. The van der Waals surface area contributed by atoms with Crippen LogP contribution in [0.25, 0.3) is 16.8 Å². The Bertz CT molecular complexity index is 1220. The third-order valence-electron chi connectivity index (χ3n) is 4.97. The van der Waals surface area contributed by atoms with Crippen LogP contribution in [0, 0.1) is 0 Å². The van der Waals surface area contributed by atoms with Crippen LogP contribution < -0.4 is 14.8 Å². The van der Waals surface area contributed by atoms with E-state index < -0.39 is 0 Å². The fraction of sp³-hybridized carbons (Fsp3) is 0.200. The summed E-state index contributed by atoms with van der Waals surface area (Å²) < 4.78 is 11.3. The number of methoxy groups -OCH3 is 1. The van der Waals surface area contributed by atoms with Crippen molar-refractivity contribution in [3.8, 4) is 11.5 Å². The Morgan fingerprint density at radius 3 is 2.66 bits per heavy atom. The smallest absolute Gasteiger partial charge is 0.264 e. The zero-order chi connectivity index (χ0) is 22.5. The fourth-order valence-corrected chi connectivity index (χ4v) is 4.35. The molecule has 0 aromatic heterocycles. The molecular weight excluding hydrogens is 444 g/mol. The fourth-order valence-electron chi connectivity index (χ4n) is 3.35. The zero-order valence-electron chi connectivity index (χ0n) is 17.9. The van der Waals surface area contributed by atoms with Crippen molar-refractivity contribution in [2.24, 2.45) is 4.99 Å². The van der Waals surface area contributed by atoms with Gasteiger partial charge in [0.2, 0.25) is 0 Å². The molecule has 0 saturated carbocycles. The molecule has 1 N–H and O–H groups in total. The lowest BCUT2D eigenvalue weighted by Gasteiger charge is -2.11. The number of fused-ring (bicyclic) bond motifs is 1. The minimum atomic E-state index is -0.193. The number of rotatable bonds is 7. The van der Waals surface area contributed by atoms with Gasteiger partial charge < -0.3 is 14.8 Å². The highest BCUT2D eigenvalue weighted by Crippen LogP contribution is 2.35. The van der Waals surface area contributed by atoms with Crippen LogP contribution in [0.4, 0.5) is 5.69 Å². The lowest BCUT2D eigenvalue weighted by Crippen LogP contribution is -2.19. The van der Waals surface area contributed by atoms with Gasteiger partial charge in [-0.3, -0.25) is 4.79 Å². The Hall–Kier alpha value is -2.96. The van der Waals surface area contributed by atoms with Crippen molar-refractivity contribution in [2.75, 3.05) is 13.7 Å². The molecule has 5 nitrogen and oxygen atoms in total. The van der Waals surface area contributed by atoms with Crippen LogP contribution >= 0.6 is 23.4 Å². The standard InChI is InChI=1S/C25H23ClN2O3S/c1-3-4-13-31-21-11-9-16(18-7-5-6-8-19(18)21)14-23-24(29)28-25(32-23)27-20-15-17(26)10-12-22(20)30-2/h5-12,14-15H,3-4,13H2,1-2H3,(H,27,28,29)/b23-14-. The predicted octanol–water partition coefficient (Wildman–Crippen LogP) is 6.57. The number of amidine groups is 1. The summed E-state index contributed by atoms with van der Waals surface area (Å²) in [6.07, 6.45) is 3.98. The Morgan fingerprint density at radius 2 is 1.88 bits per heavy atom. The normalized spacial score (nSPS) is 16.0. The van der Waals surface area contributed by atoms with Crippen LogP contribution in [0.15, 0.2) is 64.5 Å². The largest absolute Gasteiger partial charge is 0.494 e. The molecule has 0 atom stereocenters. The van der Waals surface area contributed by atoms with Crippen molar-refractivity contribution in [3.05, 3.63) is 70.1 Å². The lowest BCUT2D eigenvalue weighted by molar-refractivity contribution is -0.115. The summed E-state index contributed by atoms with van der Waals surface area (Å²) in [5.74, 6) is 1.25. The summed E-state index contributed by atoms with van der Waals surface area (Å²) in [6, 6.07) is 17.2. The Kier molecular flexibility index (Phi) is 7.02. The van der Waals surface area contributed by atoms with Gasteiger partial charge in [-0.15, -0.1) is 0 Å². The molecular formula is C25H23ClN2O3S. The van der Waals surface area contributed by atoms with Crippen molar-refractivity contribution in [1.29, 1.82) is 0 Å². The number of amides is 1. The quantitative estimate of drug-likeness (QED) is 0.316. The van der Waals surface area contributed by atoms with Crippen LogP contribution in [0.3, 0.4) is 0 Å². The van der Waals surface area contributed by atoms with Crippen LogP contribution in [-0.4, -0.2) is 24.8 Å². The van der Waals surface area contributed by atoms with E-state index in [1.165, 1.54) is 11.8 Å². The first-order chi connectivity index (χ1) is 15.6. The number of carbonyl (C=O) groups is 1. The van der Waals surface area contributed by atoms with E-state index in [2.05, 4.69) is 17.2 Å². The molecule has 0 spiro atoms. The van der Waals surface area contributed by atoms with E-state index in [-0.39, 0.29) is 5.91 Å². The number of nitrogens with one attached hydrogen (secondary N) is 1. The predicted molar refractivity (Wildman–Crippen MR) is 133 cm³/mol. The third kappa shape index (κ3) is 4.92. The highest BCUT2D eigenvalue weighted by molar-refractivity contribution is 8.18. The molecule has 3 aromatic carbocycles. The van der Waals surface area contributed by atoms with E-state index in [0.29, 0.717) is 33.1 Å². The van der Waals surface area contributed by atoms with Crippen LogP contribution in [0.1, 0.15) is 25.3 Å². The molecule has 1 aliphatic heterocycles. The molecule has 1 heterocycles. The van der Waals surface area contributed by atoms with Crippen molar-refractivity contribution >= 4 is 57.0 Å². The average Bonchev–Trinajstić information content (AvgIpc) is 3.14. The molecule has 1 saturated heterocycles. The molecule has 0 bridgehead atoms. The van der Waals surface area contributed by atoms with Gasteiger partial charge in [0, 0.05) is 10.4 Å². The molecule has 1 aliphatic rings. The number of halogens is 1. The van der Waals surface area contributed by atoms with Gasteiger partial charge >= 0.3 is 0 Å². The minimum absolute atomic E-state index is 0.193. The maximum absolute atomic E-state index is 12.6. The summed E-state index contributed by atoms with van der Waals surface area (Å²) in [5, 5.41) is 5.90. The molecule has 0 unspecified atom stereocenters. The maximum atomic E-state index is 12.6. The summed E-state index contributed by atoms with van der Waals surface area (Å²) >= 11 is 7.38. The highest BCUT2D eigenvalue weighted by Gasteiger charge is 2.24. The van der Waals surface area contributed by atoms with Crippen LogP contribution in [0.2, 0.25) is 5.02 Å². The number of hydrogen-bond acceptors (Lipinski definition) is 5. The van der Waals surface area contributed by atoms with Crippen molar-refractivity contribution < 1.29 is 14.3 Å². The first-order valence-corrected chi connectivity index (χ1v) is 11.6. The summed E-state index contributed by atoms with van der Waals surface area (Å²) in [4.78, 5) is 17.7. The second-order valence-corrected chi connectivity index (χ2v) is 8.67. The number of nitrogens with zero attached hydrogens (tertiary/aromatic N) is 1. The molecule has 32 heavy (non-hydrogen) atoms. The molecule has 0 radical (unpaired) electrons. The van der Waals surface area contributed by atoms with E-state index in [9.17, 15) is 4.79 Å². The molecule has 1 fully saturated rings. The van der Waals surface area contributed by atoms with Crippen molar-refractivity contribution in [2.45, 2.75) is 19.8 Å². The van der Waals surface area contributed by atoms with Crippen LogP contribution in [-0.2, 0) is 4.79 Å². The van der Waals surface area contributed by atoms with E-state index in [4.69, 9.17) is 21.1 Å². The van der Waals surface area contributed by atoms with Gasteiger partial charge in [0.05, 0.1) is 18.6 Å². The van der Waals surface area contributed by atoms with Gasteiger partial charge in [-0.25, -0.2) is 4.99 Å². The van der Waals surface area contributed by atoms with Gasteiger partial charge in [0.15, 0.2) is 5.17 Å². The second-order valence-electron chi connectivity index (χ2n) is 7.20. The summed E-state index contributed by atoms with van der Waals surface area (Å²) in [5.41, 5.74) is 1.51. The first kappa shape index (κ1) is 22.2. The summed E-state index contributed by atoms with van der Waals surface area (Å²) in [6.45, 7) is 2.83. The third-order valence-corrected chi connectivity index (χ3v) is 6.12. The highest BCUT2D eigenvalue weighted by atomic mass is 35.5.